The number of rotatable bonds is 6. The number of carbonyl (C=O) groups is 1. The molecule has 0 aliphatic carbocycles. The highest BCUT2D eigenvalue weighted by Gasteiger charge is 2.12. The van der Waals surface area contributed by atoms with Gasteiger partial charge in [-0.15, -0.1) is 0 Å². The molecule has 1 aromatic heterocycles. The number of amides is 1. The van der Waals surface area contributed by atoms with Crippen LogP contribution in [0, 0.1) is 10.1 Å². The molecule has 2 N–H and O–H groups in total. The van der Waals surface area contributed by atoms with Crippen molar-refractivity contribution < 1.29 is 9.72 Å². The number of anilines is 1. The van der Waals surface area contributed by atoms with Crippen LogP contribution in [-0.4, -0.2) is 28.9 Å². The molecule has 1 amide bonds. The third kappa shape index (κ3) is 3.72. The molecule has 0 radical (unpaired) electrons. The summed E-state index contributed by atoms with van der Waals surface area (Å²) in [5, 5.41) is 17.5. The zero-order valence-corrected chi connectivity index (χ0v) is 13.3. The van der Waals surface area contributed by atoms with Crippen molar-refractivity contribution in [1.82, 2.24) is 10.3 Å². The average molecular weight is 336 g/mol. The van der Waals surface area contributed by atoms with Crippen molar-refractivity contribution in [2.75, 3.05) is 18.4 Å². The predicted octanol–water partition coefficient (Wildman–Crippen LogP) is 2.98. The SMILES string of the molecule is O=C(NCCNc1ccccc1[N+](=O)[O-])c1ccnc2ccccc12. The highest BCUT2D eigenvalue weighted by atomic mass is 16.6. The number of nitro benzene ring substituents is 1. The van der Waals surface area contributed by atoms with Crippen LogP contribution < -0.4 is 10.6 Å². The molecule has 0 unspecified atom stereocenters. The number of para-hydroxylation sites is 3. The number of nitrogens with one attached hydrogen (secondary N) is 2. The van der Waals surface area contributed by atoms with Crippen molar-refractivity contribution in [2.24, 2.45) is 0 Å². The Bertz CT molecular complexity index is 922. The normalized spacial score (nSPS) is 10.4. The molecule has 2 aromatic carbocycles. The number of nitro groups is 1. The number of benzene rings is 2. The van der Waals surface area contributed by atoms with Crippen molar-refractivity contribution in [3.8, 4) is 0 Å². The Morgan fingerprint density at radius 3 is 2.64 bits per heavy atom. The van der Waals surface area contributed by atoms with Gasteiger partial charge in [0.2, 0.25) is 0 Å². The van der Waals surface area contributed by atoms with Crippen LogP contribution in [0.4, 0.5) is 11.4 Å². The zero-order chi connectivity index (χ0) is 17.6. The molecule has 0 saturated heterocycles. The van der Waals surface area contributed by atoms with E-state index in [-0.39, 0.29) is 11.6 Å². The van der Waals surface area contributed by atoms with E-state index in [9.17, 15) is 14.9 Å². The number of hydrogen-bond acceptors (Lipinski definition) is 5. The summed E-state index contributed by atoms with van der Waals surface area (Å²) in [6, 6.07) is 15.5. The highest BCUT2D eigenvalue weighted by molar-refractivity contribution is 6.05. The fourth-order valence-electron chi connectivity index (χ4n) is 2.54. The fourth-order valence-corrected chi connectivity index (χ4v) is 2.54. The van der Waals surface area contributed by atoms with Crippen LogP contribution in [0.3, 0.4) is 0 Å². The Morgan fingerprint density at radius 2 is 1.80 bits per heavy atom. The van der Waals surface area contributed by atoms with Gasteiger partial charge in [-0.2, -0.15) is 0 Å². The summed E-state index contributed by atoms with van der Waals surface area (Å²) in [6.45, 7) is 0.709. The Kier molecular flexibility index (Phi) is 4.84. The van der Waals surface area contributed by atoms with Gasteiger partial charge in [0.15, 0.2) is 0 Å². The number of pyridine rings is 1. The third-order valence-corrected chi connectivity index (χ3v) is 3.72. The Balaban J connectivity index is 1.61. The van der Waals surface area contributed by atoms with Gasteiger partial charge in [0, 0.05) is 30.7 Å². The molecule has 3 rings (SSSR count). The predicted molar refractivity (Wildman–Crippen MR) is 95.7 cm³/mol. The molecule has 0 aliphatic rings. The van der Waals surface area contributed by atoms with E-state index in [4.69, 9.17) is 0 Å². The van der Waals surface area contributed by atoms with Crippen LogP contribution in [-0.2, 0) is 0 Å². The number of fused-ring (bicyclic) bond motifs is 1. The topological polar surface area (TPSA) is 97.2 Å². The van der Waals surface area contributed by atoms with Gasteiger partial charge in [0.1, 0.15) is 5.69 Å². The quantitative estimate of drug-likeness (QED) is 0.410. The van der Waals surface area contributed by atoms with Gasteiger partial charge < -0.3 is 10.6 Å². The van der Waals surface area contributed by atoms with Crippen LogP contribution in [0.5, 0.6) is 0 Å². The van der Waals surface area contributed by atoms with Gasteiger partial charge in [-0.3, -0.25) is 19.9 Å². The summed E-state index contributed by atoms with van der Waals surface area (Å²) in [5.41, 5.74) is 1.74. The number of nitrogens with zero attached hydrogens (tertiary/aromatic N) is 2. The van der Waals surface area contributed by atoms with Gasteiger partial charge >= 0.3 is 0 Å². The molecule has 0 saturated carbocycles. The molecule has 7 nitrogen and oxygen atoms in total. The molecule has 1 heterocycles. The zero-order valence-electron chi connectivity index (χ0n) is 13.3. The van der Waals surface area contributed by atoms with Crippen molar-refractivity contribution in [3.05, 3.63) is 76.5 Å². The summed E-state index contributed by atoms with van der Waals surface area (Å²) >= 11 is 0. The minimum atomic E-state index is -0.440. The second-order valence-corrected chi connectivity index (χ2v) is 5.33. The summed E-state index contributed by atoms with van der Waals surface area (Å²) in [7, 11) is 0. The minimum absolute atomic E-state index is 0.00829. The monoisotopic (exact) mass is 336 g/mol. The van der Waals surface area contributed by atoms with E-state index in [0.717, 1.165) is 10.9 Å². The molecular formula is C18H16N4O3. The van der Waals surface area contributed by atoms with E-state index in [1.165, 1.54) is 6.07 Å². The minimum Gasteiger partial charge on any atom is -0.378 e. The van der Waals surface area contributed by atoms with Crippen LogP contribution in [0.2, 0.25) is 0 Å². The lowest BCUT2D eigenvalue weighted by molar-refractivity contribution is -0.384. The van der Waals surface area contributed by atoms with E-state index < -0.39 is 4.92 Å². The van der Waals surface area contributed by atoms with Gasteiger partial charge in [-0.1, -0.05) is 30.3 Å². The van der Waals surface area contributed by atoms with E-state index in [0.29, 0.717) is 24.3 Å². The second-order valence-electron chi connectivity index (χ2n) is 5.33. The van der Waals surface area contributed by atoms with Gasteiger partial charge in [0.05, 0.1) is 16.0 Å². The summed E-state index contributed by atoms with van der Waals surface area (Å²) in [5.74, 6) is -0.206. The standard InChI is InChI=1S/C18H16N4O3/c23-18(14-9-10-19-15-6-2-1-5-13(14)15)21-12-11-20-16-7-3-4-8-17(16)22(24)25/h1-10,20H,11-12H2,(H,21,23). The first kappa shape index (κ1) is 16.4. The largest absolute Gasteiger partial charge is 0.378 e. The van der Waals surface area contributed by atoms with E-state index >= 15 is 0 Å². The Morgan fingerprint density at radius 1 is 1.04 bits per heavy atom. The lowest BCUT2D eigenvalue weighted by Gasteiger charge is -2.09. The molecular weight excluding hydrogens is 320 g/mol. The maximum absolute atomic E-state index is 12.4. The van der Waals surface area contributed by atoms with Crippen molar-refractivity contribution in [1.29, 1.82) is 0 Å². The van der Waals surface area contributed by atoms with Crippen molar-refractivity contribution in [2.45, 2.75) is 0 Å². The lowest BCUT2D eigenvalue weighted by atomic mass is 10.1. The molecule has 0 fully saturated rings. The smallest absolute Gasteiger partial charge is 0.292 e. The summed E-state index contributed by atoms with van der Waals surface area (Å²) in [4.78, 5) is 27.1. The molecule has 0 atom stereocenters. The highest BCUT2D eigenvalue weighted by Crippen LogP contribution is 2.22. The maximum atomic E-state index is 12.4. The van der Waals surface area contributed by atoms with Crippen molar-refractivity contribution >= 4 is 28.2 Å². The van der Waals surface area contributed by atoms with Crippen molar-refractivity contribution in [3.63, 3.8) is 0 Å². The van der Waals surface area contributed by atoms with Gasteiger partial charge in [0.25, 0.3) is 11.6 Å². The molecule has 25 heavy (non-hydrogen) atoms. The Hall–Kier alpha value is -3.48. The average Bonchev–Trinajstić information content (AvgIpc) is 2.64. The first-order valence-corrected chi connectivity index (χ1v) is 7.76. The molecule has 0 bridgehead atoms. The first-order chi connectivity index (χ1) is 12.2. The molecule has 0 spiro atoms. The number of carbonyl (C=O) groups excluding carboxylic acids is 1. The van der Waals surface area contributed by atoms with Gasteiger partial charge in [-0.05, 0) is 18.2 Å². The lowest BCUT2D eigenvalue weighted by Crippen LogP contribution is -2.29. The number of hydrogen-bond donors (Lipinski definition) is 2. The van der Waals surface area contributed by atoms with E-state index in [1.54, 1.807) is 30.5 Å². The first-order valence-electron chi connectivity index (χ1n) is 7.76. The Labute approximate surface area is 143 Å². The maximum Gasteiger partial charge on any atom is 0.292 e. The van der Waals surface area contributed by atoms with Crippen LogP contribution >= 0.6 is 0 Å². The van der Waals surface area contributed by atoms with E-state index in [1.807, 2.05) is 24.3 Å². The third-order valence-electron chi connectivity index (χ3n) is 3.72. The molecule has 3 aromatic rings. The van der Waals surface area contributed by atoms with Crippen LogP contribution in [0.25, 0.3) is 10.9 Å². The number of aromatic nitrogens is 1. The fraction of sp³-hybridized carbons (Fsp3) is 0.111. The van der Waals surface area contributed by atoms with E-state index in [2.05, 4.69) is 15.6 Å². The van der Waals surface area contributed by atoms with Crippen LogP contribution in [0.1, 0.15) is 10.4 Å². The molecule has 126 valence electrons. The summed E-state index contributed by atoms with van der Waals surface area (Å²) < 4.78 is 0. The summed E-state index contributed by atoms with van der Waals surface area (Å²) in [6.07, 6.45) is 1.60. The second kappa shape index (κ2) is 7.39. The van der Waals surface area contributed by atoms with Gasteiger partial charge in [-0.25, -0.2) is 0 Å². The molecule has 7 heteroatoms. The van der Waals surface area contributed by atoms with Crippen LogP contribution in [0.15, 0.2) is 60.8 Å². The molecule has 0 aliphatic heterocycles.